The number of primary amides is 1. The van der Waals surface area contributed by atoms with Crippen molar-refractivity contribution in [2.75, 3.05) is 46.6 Å². The Kier molecular flexibility index (Phi) is 7.86. The Balaban J connectivity index is 1.58. The average molecular weight is 399 g/mol. The lowest BCUT2D eigenvalue weighted by Gasteiger charge is -2.35. The van der Waals surface area contributed by atoms with Gasteiger partial charge in [0.1, 0.15) is 11.5 Å². The molecule has 156 valence electrons. The molecule has 1 fully saturated rings. The molecule has 0 bridgehead atoms. The number of nitrogens with two attached hydrogens (primary N) is 1. The van der Waals surface area contributed by atoms with Gasteiger partial charge in [0.2, 0.25) is 0 Å². The Bertz CT molecular complexity index is 759. The van der Waals surface area contributed by atoms with Gasteiger partial charge in [-0.1, -0.05) is 24.3 Å². The van der Waals surface area contributed by atoms with Gasteiger partial charge in [0, 0.05) is 32.2 Å². The Hall–Kier alpha value is -2.61. The smallest absolute Gasteiger partial charge is 0.255 e. The molecule has 3 rings (SSSR count). The number of nitrogens with one attached hydrogen (secondary N) is 1. The van der Waals surface area contributed by atoms with Gasteiger partial charge in [-0.25, -0.2) is 0 Å². The van der Waals surface area contributed by atoms with Crippen LogP contribution in [0.1, 0.15) is 17.2 Å². The molecule has 0 aromatic heterocycles. The number of benzene rings is 2. The SMILES string of the molecule is COc1ccc(C(CNCc2ccc(OCC(N)=O)cc2)N2CCOCC2)cc1. The zero-order valence-corrected chi connectivity index (χ0v) is 16.8. The summed E-state index contributed by atoms with van der Waals surface area (Å²) in [5.74, 6) is 1.02. The number of hydrogen-bond acceptors (Lipinski definition) is 6. The molecule has 1 amide bonds. The zero-order valence-electron chi connectivity index (χ0n) is 16.8. The molecule has 2 aromatic carbocycles. The predicted octanol–water partition coefficient (Wildman–Crippen LogP) is 1.72. The second kappa shape index (κ2) is 10.8. The molecule has 1 aliphatic rings. The minimum Gasteiger partial charge on any atom is -0.497 e. The van der Waals surface area contributed by atoms with E-state index in [0.29, 0.717) is 5.75 Å². The lowest BCUT2D eigenvalue weighted by Crippen LogP contribution is -2.42. The first kappa shape index (κ1) is 21.1. The molecule has 0 saturated carbocycles. The molecule has 7 heteroatoms. The summed E-state index contributed by atoms with van der Waals surface area (Å²) in [6, 6.07) is 16.2. The fourth-order valence-corrected chi connectivity index (χ4v) is 3.38. The lowest BCUT2D eigenvalue weighted by molar-refractivity contribution is -0.119. The summed E-state index contributed by atoms with van der Waals surface area (Å²) in [6.07, 6.45) is 0. The van der Waals surface area contributed by atoms with Crippen molar-refractivity contribution >= 4 is 5.91 Å². The van der Waals surface area contributed by atoms with E-state index in [0.717, 1.165) is 50.7 Å². The first-order valence-corrected chi connectivity index (χ1v) is 9.82. The number of methoxy groups -OCH3 is 1. The summed E-state index contributed by atoms with van der Waals surface area (Å²) in [6.45, 7) is 4.83. The van der Waals surface area contributed by atoms with Crippen LogP contribution in [-0.2, 0) is 16.1 Å². The van der Waals surface area contributed by atoms with Gasteiger partial charge in [-0.2, -0.15) is 0 Å². The topological polar surface area (TPSA) is 86.0 Å². The normalized spacial score (nSPS) is 15.6. The molecule has 1 heterocycles. The third-order valence-corrected chi connectivity index (χ3v) is 4.96. The summed E-state index contributed by atoms with van der Waals surface area (Å²) in [4.78, 5) is 13.3. The van der Waals surface area contributed by atoms with Crippen molar-refractivity contribution in [3.63, 3.8) is 0 Å². The Morgan fingerprint density at radius 1 is 1.10 bits per heavy atom. The van der Waals surface area contributed by atoms with Crippen LogP contribution in [0.15, 0.2) is 48.5 Å². The molecule has 0 spiro atoms. The van der Waals surface area contributed by atoms with Gasteiger partial charge < -0.3 is 25.3 Å². The van der Waals surface area contributed by atoms with E-state index in [1.165, 1.54) is 5.56 Å². The molecule has 1 atom stereocenters. The predicted molar refractivity (Wildman–Crippen MR) is 111 cm³/mol. The standard InChI is InChI=1S/C22H29N3O4/c1-27-19-8-4-18(5-9-19)21(25-10-12-28-13-11-25)15-24-14-17-2-6-20(7-3-17)29-16-22(23)26/h2-9,21,24H,10-16H2,1H3,(H2,23,26). The van der Waals surface area contributed by atoms with E-state index in [2.05, 4.69) is 22.3 Å². The van der Waals surface area contributed by atoms with Crippen LogP contribution in [0, 0.1) is 0 Å². The highest BCUT2D eigenvalue weighted by Crippen LogP contribution is 2.24. The molecule has 0 radical (unpaired) electrons. The van der Waals surface area contributed by atoms with E-state index in [-0.39, 0.29) is 12.6 Å². The largest absolute Gasteiger partial charge is 0.497 e. The maximum atomic E-state index is 10.8. The van der Waals surface area contributed by atoms with Crippen LogP contribution in [0.4, 0.5) is 0 Å². The van der Waals surface area contributed by atoms with E-state index in [9.17, 15) is 4.79 Å². The number of amides is 1. The number of carbonyl (C=O) groups excluding carboxylic acids is 1. The van der Waals surface area contributed by atoms with Crippen LogP contribution in [0.25, 0.3) is 0 Å². The lowest BCUT2D eigenvalue weighted by atomic mass is 10.0. The van der Waals surface area contributed by atoms with Gasteiger partial charge in [0.05, 0.1) is 20.3 Å². The van der Waals surface area contributed by atoms with E-state index in [1.807, 2.05) is 36.4 Å². The molecule has 0 aliphatic carbocycles. The van der Waals surface area contributed by atoms with Crippen LogP contribution in [0.5, 0.6) is 11.5 Å². The zero-order chi connectivity index (χ0) is 20.5. The molecule has 7 nitrogen and oxygen atoms in total. The van der Waals surface area contributed by atoms with Crippen molar-refractivity contribution in [3.05, 3.63) is 59.7 Å². The number of morpholine rings is 1. The number of ether oxygens (including phenoxy) is 3. The highest BCUT2D eigenvalue weighted by molar-refractivity contribution is 5.75. The van der Waals surface area contributed by atoms with Crippen LogP contribution in [0.2, 0.25) is 0 Å². The van der Waals surface area contributed by atoms with Crippen molar-refractivity contribution in [2.24, 2.45) is 5.73 Å². The Labute approximate surface area is 171 Å². The monoisotopic (exact) mass is 399 g/mol. The summed E-state index contributed by atoms with van der Waals surface area (Å²) in [5.41, 5.74) is 7.50. The highest BCUT2D eigenvalue weighted by atomic mass is 16.5. The summed E-state index contributed by atoms with van der Waals surface area (Å²) in [5, 5.41) is 3.57. The van der Waals surface area contributed by atoms with E-state index in [4.69, 9.17) is 19.9 Å². The van der Waals surface area contributed by atoms with Crippen molar-refractivity contribution in [1.82, 2.24) is 10.2 Å². The summed E-state index contributed by atoms with van der Waals surface area (Å²) in [7, 11) is 1.68. The van der Waals surface area contributed by atoms with E-state index in [1.54, 1.807) is 7.11 Å². The maximum absolute atomic E-state index is 10.8. The number of carbonyl (C=O) groups is 1. The summed E-state index contributed by atoms with van der Waals surface area (Å²) < 4.78 is 16.1. The average Bonchev–Trinajstić information content (AvgIpc) is 2.77. The molecule has 1 saturated heterocycles. The van der Waals surface area contributed by atoms with Crippen LogP contribution in [-0.4, -0.2) is 57.4 Å². The van der Waals surface area contributed by atoms with Crippen molar-refractivity contribution in [3.8, 4) is 11.5 Å². The number of hydrogen-bond donors (Lipinski definition) is 2. The number of rotatable bonds is 10. The van der Waals surface area contributed by atoms with Crippen molar-refractivity contribution < 1.29 is 19.0 Å². The van der Waals surface area contributed by atoms with E-state index < -0.39 is 5.91 Å². The van der Waals surface area contributed by atoms with Gasteiger partial charge in [-0.05, 0) is 35.4 Å². The molecule has 3 N–H and O–H groups in total. The minimum atomic E-state index is -0.483. The molecular weight excluding hydrogens is 370 g/mol. The van der Waals surface area contributed by atoms with Gasteiger partial charge in [0.15, 0.2) is 6.61 Å². The van der Waals surface area contributed by atoms with Crippen molar-refractivity contribution in [2.45, 2.75) is 12.6 Å². The Morgan fingerprint density at radius 3 is 2.38 bits per heavy atom. The number of nitrogens with zero attached hydrogens (tertiary/aromatic N) is 1. The molecule has 1 unspecified atom stereocenters. The molecule has 29 heavy (non-hydrogen) atoms. The third-order valence-electron chi connectivity index (χ3n) is 4.96. The first-order chi connectivity index (χ1) is 14.2. The highest BCUT2D eigenvalue weighted by Gasteiger charge is 2.22. The van der Waals surface area contributed by atoms with Gasteiger partial charge in [-0.15, -0.1) is 0 Å². The molecular formula is C22H29N3O4. The van der Waals surface area contributed by atoms with Gasteiger partial charge >= 0.3 is 0 Å². The van der Waals surface area contributed by atoms with Crippen LogP contribution >= 0.6 is 0 Å². The summed E-state index contributed by atoms with van der Waals surface area (Å²) >= 11 is 0. The maximum Gasteiger partial charge on any atom is 0.255 e. The van der Waals surface area contributed by atoms with Gasteiger partial charge in [0.25, 0.3) is 5.91 Å². The molecule has 1 aliphatic heterocycles. The second-order valence-electron chi connectivity index (χ2n) is 6.97. The van der Waals surface area contributed by atoms with Gasteiger partial charge in [-0.3, -0.25) is 9.69 Å². The minimum absolute atomic E-state index is 0.110. The van der Waals surface area contributed by atoms with Crippen LogP contribution < -0.4 is 20.5 Å². The van der Waals surface area contributed by atoms with Crippen LogP contribution in [0.3, 0.4) is 0 Å². The van der Waals surface area contributed by atoms with Crippen molar-refractivity contribution in [1.29, 1.82) is 0 Å². The third kappa shape index (κ3) is 6.45. The second-order valence-corrected chi connectivity index (χ2v) is 6.97. The van der Waals surface area contributed by atoms with E-state index >= 15 is 0 Å². The fraction of sp³-hybridized carbons (Fsp3) is 0.409. The molecule has 2 aromatic rings. The first-order valence-electron chi connectivity index (χ1n) is 9.82. The Morgan fingerprint density at radius 2 is 1.76 bits per heavy atom. The fourth-order valence-electron chi connectivity index (χ4n) is 3.38. The quantitative estimate of drug-likeness (QED) is 0.633.